The molecular weight excluding hydrogens is 216 g/mol. The molecule has 1 aromatic heterocycles. The Labute approximate surface area is 103 Å². The number of nitrogens with one attached hydrogen (secondary N) is 1. The molecule has 0 fully saturated rings. The summed E-state index contributed by atoms with van der Waals surface area (Å²) in [5.41, 5.74) is 0. The Morgan fingerprint density at radius 2 is 2.24 bits per heavy atom. The largest absolute Gasteiger partial charge is 0.490 e. The van der Waals surface area contributed by atoms with Crippen LogP contribution in [0, 0.1) is 5.92 Å². The third kappa shape index (κ3) is 4.23. The summed E-state index contributed by atoms with van der Waals surface area (Å²) in [5, 5.41) is 12.4. The van der Waals surface area contributed by atoms with Gasteiger partial charge < -0.3 is 15.2 Å². The summed E-state index contributed by atoms with van der Waals surface area (Å²) in [6.45, 7) is 6.93. The number of hydrogen-bond donors (Lipinski definition) is 2. The van der Waals surface area contributed by atoms with Gasteiger partial charge in [0.2, 0.25) is 0 Å². The number of rotatable bonds is 7. The highest BCUT2D eigenvalue weighted by atomic mass is 16.5. The molecule has 2 unspecified atom stereocenters. The predicted octanol–water partition coefficient (Wildman–Crippen LogP) is 2.30. The molecule has 0 bridgehead atoms. The number of aliphatic hydroxyl groups is 1. The second kappa shape index (κ2) is 7.12. The normalized spacial score (nSPS) is 14.1. The molecule has 0 aliphatic heterocycles. The van der Waals surface area contributed by atoms with E-state index in [-0.39, 0.29) is 18.6 Å². The molecule has 0 aromatic carbocycles. The minimum atomic E-state index is 0.152. The lowest BCUT2D eigenvalue weighted by Crippen LogP contribution is -2.27. The van der Waals surface area contributed by atoms with Crippen LogP contribution < -0.4 is 10.1 Å². The van der Waals surface area contributed by atoms with Gasteiger partial charge in [0.05, 0.1) is 6.61 Å². The number of anilines is 1. The molecule has 1 aromatic rings. The quantitative estimate of drug-likeness (QED) is 0.765. The molecule has 1 rings (SSSR count). The Morgan fingerprint density at radius 3 is 2.88 bits per heavy atom. The average molecular weight is 238 g/mol. The van der Waals surface area contributed by atoms with E-state index in [4.69, 9.17) is 9.84 Å². The summed E-state index contributed by atoms with van der Waals surface area (Å²) in [5.74, 6) is 1.69. The topological polar surface area (TPSA) is 54.4 Å². The third-order valence-corrected chi connectivity index (χ3v) is 2.74. The number of aliphatic hydroxyl groups excluding tert-OH is 1. The minimum Gasteiger partial charge on any atom is -0.490 e. The maximum atomic E-state index is 9.10. The van der Waals surface area contributed by atoms with Crippen LogP contribution in [0.1, 0.15) is 27.2 Å². The lowest BCUT2D eigenvalue weighted by Gasteiger charge is -2.21. The first kappa shape index (κ1) is 13.8. The van der Waals surface area contributed by atoms with Gasteiger partial charge in [0.15, 0.2) is 11.6 Å². The summed E-state index contributed by atoms with van der Waals surface area (Å²) >= 11 is 0. The number of hydrogen-bond acceptors (Lipinski definition) is 4. The third-order valence-electron chi connectivity index (χ3n) is 2.74. The second-order valence-electron chi connectivity index (χ2n) is 4.29. The van der Waals surface area contributed by atoms with E-state index in [1.165, 1.54) is 0 Å². The van der Waals surface area contributed by atoms with Crippen molar-refractivity contribution in [3.8, 4) is 5.75 Å². The first-order chi connectivity index (χ1) is 8.19. The van der Waals surface area contributed by atoms with Crippen LogP contribution in [0.4, 0.5) is 5.82 Å². The van der Waals surface area contributed by atoms with Crippen LogP contribution >= 0.6 is 0 Å². The molecular formula is C13H22N2O2. The monoisotopic (exact) mass is 238 g/mol. The standard InChI is InChI=1S/C13H22N2O2/c1-4-8-17-12-6-5-7-14-13(12)15-11(3)10(2)9-16/h5-7,10-11,16H,4,8-9H2,1-3H3,(H,14,15). The number of nitrogens with zero attached hydrogens (tertiary/aromatic N) is 1. The van der Waals surface area contributed by atoms with Crippen molar-refractivity contribution in [1.29, 1.82) is 0 Å². The molecule has 0 spiro atoms. The van der Waals surface area contributed by atoms with Gasteiger partial charge in [-0.2, -0.15) is 0 Å². The van der Waals surface area contributed by atoms with Crippen molar-refractivity contribution in [2.75, 3.05) is 18.5 Å². The highest BCUT2D eigenvalue weighted by Crippen LogP contribution is 2.22. The van der Waals surface area contributed by atoms with Gasteiger partial charge in [-0.15, -0.1) is 0 Å². The van der Waals surface area contributed by atoms with Crippen LogP contribution in [0.5, 0.6) is 5.75 Å². The molecule has 17 heavy (non-hydrogen) atoms. The Kier molecular flexibility index (Phi) is 5.77. The first-order valence-electron chi connectivity index (χ1n) is 6.14. The zero-order valence-electron chi connectivity index (χ0n) is 10.8. The van der Waals surface area contributed by atoms with Gasteiger partial charge in [0.25, 0.3) is 0 Å². The van der Waals surface area contributed by atoms with E-state index in [0.29, 0.717) is 6.61 Å². The van der Waals surface area contributed by atoms with Crippen LogP contribution in [0.25, 0.3) is 0 Å². The maximum Gasteiger partial charge on any atom is 0.168 e. The summed E-state index contributed by atoms with van der Waals surface area (Å²) in [4.78, 5) is 4.27. The van der Waals surface area contributed by atoms with E-state index in [1.54, 1.807) is 6.20 Å². The van der Waals surface area contributed by atoms with E-state index >= 15 is 0 Å². The summed E-state index contributed by atoms with van der Waals surface area (Å²) in [7, 11) is 0. The lowest BCUT2D eigenvalue weighted by atomic mass is 10.1. The molecule has 4 nitrogen and oxygen atoms in total. The first-order valence-corrected chi connectivity index (χ1v) is 6.14. The fourth-order valence-electron chi connectivity index (χ4n) is 1.34. The van der Waals surface area contributed by atoms with Crippen LogP contribution in [-0.2, 0) is 0 Å². The van der Waals surface area contributed by atoms with Gasteiger partial charge in [-0.1, -0.05) is 13.8 Å². The molecule has 2 atom stereocenters. The fourth-order valence-corrected chi connectivity index (χ4v) is 1.34. The van der Waals surface area contributed by atoms with Crippen molar-refractivity contribution in [1.82, 2.24) is 4.98 Å². The van der Waals surface area contributed by atoms with Crippen LogP contribution in [0.3, 0.4) is 0 Å². The van der Waals surface area contributed by atoms with Gasteiger partial charge in [0, 0.05) is 18.8 Å². The van der Waals surface area contributed by atoms with Gasteiger partial charge in [-0.3, -0.25) is 0 Å². The fraction of sp³-hybridized carbons (Fsp3) is 0.615. The van der Waals surface area contributed by atoms with Crippen LogP contribution in [0.2, 0.25) is 0 Å². The van der Waals surface area contributed by atoms with Crippen LogP contribution in [-0.4, -0.2) is 29.3 Å². The zero-order valence-corrected chi connectivity index (χ0v) is 10.8. The van der Waals surface area contributed by atoms with Crippen molar-refractivity contribution >= 4 is 5.82 Å². The number of aromatic nitrogens is 1. The molecule has 4 heteroatoms. The Bertz CT molecular complexity index is 331. The van der Waals surface area contributed by atoms with Gasteiger partial charge in [-0.05, 0) is 31.4 Å². The molecule has 0 radical (unpaired) electrons. The van der Waals surface area contributed by atoms with Gasteiger partial charge >= 0.3 is 0 Å². The van der Waals surface area contributed by atoms with Crippen molar-refractivity contribution in [3.63, 3.8) is 0 Å². The van der Waals surface area contributed by atoms with E-state index < -0.39 is 0 Å². The van der Waals surface area contributed by atoms with Crippen molar-refractivity contribution in [2.45, 2.75) is 33.2 Å². The minimum absolute atomic E-state index is 0.152. The Morgan fingerprint density at radius 1 is 1.47 bits per heavy atom. The highest BCUT2D eigenvalue weighted by Gasteiger charge is 2.13. The summed E-state index contributed by atoms with van der Waals surface area (Å²) in [6, 6.07) is 3.91. The van der Waals surface area contributed by atoms with Crippen LogP contribution in [0.15, 0.2) is 18.3 Å². The predicted molar refractivity (Wildman–Crippen MR) is 69.4 cm³/mol. The van der Waals surface area contributed by atoms with E-state index in [2.05, 4.69) is 17.2 Å². The Hall–Kier alpha value is -1.29. The second-order valence-corrected chi connectivity index (χ2v) is 4.29. The van der Waals surface area contributed by atoms with Crippen molar-refractivity contribution in [3.05, 3.63) is 18.3 Å². The maximum absolute atomic E-state index is 9.10. The number of pyridine rings is 1. The average Bonchev–Trinajstić information content (AvgIpc) is 2.36. The molecule has 96 valence electrons. The van der Waals surface area contributed by atoms with E-state index in [0.717, 1.165) is 18.0 Å². The SMILES string of the molecule is CCCOc1cccnc1NC(C)C(C)CO. The lowest BCUT2D eigenvalue weighted by molar-refractivity contribution is 0.226. The molecule has 0 saturated heterocycles. The van der Waals surface area contributed by atoms with Crippen molar-refractivity contribution < 1.29 is 9.84 Å². The summed E-state index contributed by atoms with van der Waals surface area (Å²) < 4.78 is 5.61. The zero-order chi connectivity index (χ0) is 12.7. The van der Waals surface area contributed by atoms with Gasteiger partial charge in [-0.25, -0.2) is 4.98 Å². The smallest absolute Gasteiger partial charge is 0.168 e. The highest BCUT2D eigenvalue weighted by molar-refractivity contribution is 5.50. The van der Waals surface area contributed by atoms with Gasteiger partial charge in [0.1, 0.15) is 0 Å². The Balaban J connectivity index is 2.68. The molecule has 0 aliphatic carbocycles. The molecule has 0 aliphatic rings. The summed E-state index contributed by atoms with van der Waals surface area (Å²) in [6.07, 6.45) is 2.70. The number of ether oxygens (including phenoxy) is 1. The molecule has 1 heterocycles. The molecule has 0 saturated carbocycles. The van der Waals surface area contributed by atoms with E-state index in [9.17, 15) is 0 Å². The molecule has 2 N–H and O–H groups in total. The van der Waals surface area contributed by atoms with E-state index in [1.807, 2.05) is 26.0 Å². The van der Waals surface area contributed by atoms with Crippen molar-refractivity contribution in [2.24, 2.45) is 5.92 Å². The molecule has 0 amide bonds.